The molecule has 0 aliphatic rings. The number of hydrogen-bond acceptors (Lipinski definition) is 6. The van der Waals surface area contributed by atoms with Gasteiger partial charge in [0.05, 0.1) is 13.2 Å². The molecule has 3 aromatic carbocycles. The summed E-state index contributed by atoms with van der Waals surface area (Å²) in [5.41, 5.74) is 4.57. The van der Waals surface area contributed by atoms with Crippen molar-refractivity contribution < 1.29 is 27.9 Å². The molecule has 0 saturated heterocycles. The number of rotatable bonds is 9. The van der Waals surface area contributed by atoms with E-state index in [1.54, 1.807) is 37.3 Å². The first-order valence-corrected chi connectivity index (χ1v) is 11.2. The van der Waals surface area contributed by atoms with Gasteiger partial charge in [-0.2, -0.15) is 4.98 Å². The highest BCUT2D eigenvalue weighted by atomic mass is 19.2. The van der Waals surface area contributed by atoms with Crippen LogP contribution < -0.4 is 0 Å². The molecule has 186 valence electrons. The van der Waals surface area contributed by atoms with E-state index in [2.05, 4.69) is 10.1 Å². The quantitative estimate of drug-likeness (QED) is 0.338. The summed E-state index contributed by atoms with van der Waals surface area (Å²) in [6.45, 7) is 2.17. The molecule has 9 heteroatoms. The standard InChI is InChI=1S/C27H25F2N3O4/c1-16-21(9-10-23(28)25(16)29)22-8-7-19(12-20(22)15-35-3)27-30-26(31-36-27)18-6-4-5-17(11-18)13-32(2)14-24(33)34/h4-12H,13-15H2,1-3H3,(H,33,34). The van der Waals surface area contributed by atoms with Crippen LogP contribution in [0.4, 0.5) is 8.78 Å². The van der Waals surface area contributed by atoms with Crippen molar-refractivity contribution in [1.29, 1.82) is 0 Å². The maximum absolute atomic E-state index is 14.2. The molecule has 0 aliphatic heterocycles. The molecule has 0 amide bonds. The third-order valence-electron chi connectivity index (χ3n) is 5.75. The van der Waals surface area contributed by atoms with E-state index in [0.29, 0.717) is 29.4 Å². The maximum atomic E-state index is 14.2. The van der Waals surface area contributed by atoms with Crippen molar-refractivity contribution in [3.05, 3.63) is 82.9 Å². The van der Waals surface area contributed by atoms with Gasteiger partial charge in [-0.3, -0.25) is 9.69 Å². The van der Waals surface area contributed by atoms with Crippen molar-refractivity contribution in [2.75, 3.05) is 20.7 Å². The number of benzene rings is 3. The van der Waals surface area contributed by atoms with Crippen molar-refractivity contribution in [1.82, 2.24) is 15.0 Å². The molecular formula is C27H25F2N3O4. The maximum Gasteiger partial charge on any atom is 0.317 e. The van der Waals surface area contributed by atoms with E-state index in [1.807, 2.05) is 30.3 Å². The van der Waals surface area contributed by atoms with Crippen LogP contribution in [-0.2, 0) is 22.7 Å². The molecule has 0 fully saturated rings. The van der Waals surface area contributed by atoms with Gasteiger partial charge in [-0.25, -0.2) is 8.78 Å². The second kappa shape index (κ2) is 10.8. The lowest BCUT2D eigenvalue weighted by Gasteiger charge is -2.14. The second-order valence-corrected chi connectivity index (χ2v) is 8.53. The number of ether oxygens (including phenoxy) is 1. The number of methoxy groups -OCH3 is 1. The van der Waals surface area contributed by atoms with Gasteiger partial charge in [0.25, 0.3) is 5.89 Å². The zero-order valence-corrected chi connectivity index (χ0v) is 20.1. The highest BCUT2D eigenvalue weighted by molar-refractivity contribution is 5.74. The Labute approximate surface area is 207 Å². The SMILES string of the molecule is COCc1cc(-c2nc(-c3cccc(CN(C)CC(=O)O)c3)no2)ccc1-c1ccc(F)c(F)c1C. The normalized spacial score (nSPS) is 11.3. The van der Waals surface area contributed by atoms with Crippen molar-refractivity contribution in [2.24, 2.45) is 0 Å². The number of halogens is 2. The molecule has 4 rings (SSSR count). The van der Waals surface area contributed by atoms with Gasteiger partial charge in [0.2, 0.25) is 5.82 Å². The smallest absolute Gasteiger partial charge is 0.317 e. The average Bonchev–Trinajstić information content (AvgIpc) is 3.33. The van der Waals surface area contributed by atoms with E-state index in [-0.39, 0.29) is 18.7 Å². The van der Waals surface area contributed by atoms with Crippen molar-refractivity contribution in [3.8, 4) is 34.0 Å². The lowest BCUT2D eigenvalue weighted by atomic mass is 9.94. The number of aromatic nitrogens is 2. The molecule has 0 saturated carbocycles. The molecular weight excluding hydrogens is 468 g/mol. The van der Waals surface area contributed by atoms with Gasteiger partial charge in [-0.15, -0.1) is 0 Å². The van der Waals surface area contributed by atoms with Crippen LogP contribution in [0.3, 0.4) is 0 Å². The Morgan fingerprint density at radius 3 is 2.61 bits per heavy atom. The molecule has 0 spiro atoms. The lowest BCUT2D eigenvalue weighted by Crippen LogP contribution is -2.25. The van der Waals surface area contributed by atoms with Gasteiger partial charge >= 0.3 is 5.97 Å². The second-order valence-electron chi connectivity index (χ2n) is 8.53. The Hall–Kier alpha value is -3.95. The highest BCUT2D eigenvalue weighted by Crippen LogP contribution is 2.33. The predicted octanol–water partition coefficient (Wildman–Crippen LogP) is 5.32. The zero-order chi connectivity index (χ0) is 25.8. The molecule has 0 bridgehead atoms. The molecule has 7 nitrogen and oxygen atoms in total. The Kier molecular flexibility index (Phi) is 7.52. The number of hydrogen-bond donors (Lipinski definition) is 1. The molecule has 1 aromatic heterocycles. The first kappa shape index (κ1) is 25.2. The molecule has 4 aromatic rings. The Morgan fingerprint density at radius 2 is 1.86 bits per heavy atom. The van der Waals surface area contributed by atoms with Crippen LogP contribution in [-0.4, -0.2) is 46.8 Å². The summed E-state index contributed by atoms with van der Waals surface area (Å²) in [5, 5.41) is 13.1. The summed E-state index contributed by atoms with van der Waals surface area (Å²) in [4.78, 5) is 17.1. The van der Waals surface area contributed by atoms with Crippen molar-refractivity contribution in [3.63, 3.8) is 0 Å². The molecule has 0 aliphatic carbocycles. The van der Waals surface area contributed by atoms with Crippen LogP contribution >= 0.6 is 0 Å². The van der Waals surface area contributed by atoms with Gasteiger partial charge in [0, 0.05) is 24.8 Å². The minimum Gasteiger partial charge on any atom is -0.480 e. The van der Waals surface area contributed by atoms with Crippen LogP contribution in [0.1, 0.15) is 16.7 Å². The van der Waals surface area contributed by atoms with Crippen LogP contribution in [0.5, 0.6) is 0 Å². The van der Waals surface area contributed by atoms with Gasteiger partial charge in [0.15, 0.2) is 11.6 Å². The summed E-state index contributed by atoms with van der Waals surface area (Å²) >= 11 is 0. The lowest BCUT2D eigenvalue weighted by molar-refractivity contribution is -0.138. The van der Waals surface area contributed by atoms with E-state index < -0.39 is 17.6 Å². The number of nitrogens with zero attached hydrogens (tertiary/aromatic N) is 3. The Balaban J connectivity index is 1.63. The Morgan fingerprint density at radius 1 is 1.08 bits per heavy atom. The van der Waals surface area contributed by atoms with Crippen LogP contribution in [0, 0.1) is 18.6 Å². The minimum absolute atomic E-state index is 0.0690. The average molecular weight is 494 g/mol. The topological polar surface area (TPSA) is 88.7 Å². The fraction of sp³-hybridized carbons (Fsp3) is 0.222. The molecule has 0 atom stereocenters. The third kappa shape index (κ3) is 5.48. The largest absolute Gasteiger partial charge is 0.480 e. The molecule has 1 N–H and O–H groups in total. The van der Waals surface area contributed by atoms with Crippen LogP contribution in [0.2, 0.25) is 0 Å². The fourth-order valence-corrected chi connectivity index (χ4v) is 4.07. The predicted molar refractivity (Wildman–Crippen MR) is 130 cm³/mol. The third-order valence-corrected chi connectivity index (χ3v) is 5.75. The van der Waals surface area contributed by atoms with E-state index in [9.17, 15) is 13.6 Å². The first-order chi connectivity index (χ1) is 17.3. The van der Waals surface area contributed by atoms with E-state index in [4.69, 9.17) is 14.4 Å². The summed E-state index contributed by atoms with van der Waals surface area (Å²) < 4.78 is 38.7. The summed E-state index contributed by atoms with van der Waals surface area (Å²) in [7, 11) is 3.29. The number of carboxylic acid groups (broad SMARTS) is 1. The monoisotopic (exact) mass is 493 g/mol. The number of likely N-dealkylation sites (N-methyl/N-ethyl adjacent to an activating group) is 1. The summed E-state index contributed by atoms with van der Waals surface area (Å²) in [6.07, 6.45) is 0. The molecule has 1 heterocycles. The Bertz CT molecular complexity index is 1400. The van der Waals surface area contributed by atoms with E-state index in [1.165, 1.54) is 6.92 Å². The highest BCUT2D eigenvalue weighted by Gasteiger charge is 2.17. The van der Waals surface area contributed by atoms with Gasteiger partial charge in [-0.1, -0.05) is 35.5 Å². The number of carbonyl (C=O) groups is 1. The minimum atomic E-state index is -0.893. The summed E-state index contributed by atoms with van der Waals surface area (Å²) in [5.74, 6) is -1.98. The van der Waals surface area contributed by atoms with Gasteiger partial charge < -0.3 is 14.4 Å². The van der Waals surface area contributed by atoms with Gasteiger partial charge in [-0.05, 0) is 66.1 Å². The van der Waals surface area contributed by atoms with Crippen LogP contribution in [0.15, 0.2) is 59.1 Å². The molecule has 0 radical (unpaired) electrons. The van der Waals surface area contributed by atoms with Crippen molar-refractivity contribution in [2.45, 2.75) is 20.1 Å². The summed E-state index contributed by atoms with van der Waals surface area (Å²) in [6, 6.07) is 15.6. The van der Waals surface area contributed by atoms with Crippen molar-refractivity contribution >= 4 is 5.97 Å². The van der Waals surface area contributed by atoms with E-state index >= 15 is 0 Å². The molecule has 36 heavy (non-hydrogen) atoms. The first-order valence-electron chi connectivity index (χ1n) is 11.2. The fourth-order valence-electron chi connectivity index (χ4n) is 4.07. The molecule has 0 unspecified atom stereocenters. The number of aliphatic carboxylic acids is 1. The van der Waals surface area contributed by atoms with Crippen LogP contribution in [0.25, 0.3) is 34.0 Å². The zero-order valence-electron chi connectivity index (χ0n) is 20.1. The van der Waals surface area contributed by atoms with E-state index in [0.717, 1.165) is 28.3 Å². The van der Waals surface area contributed by atoms with Gasteiger partial charge in [0.1, 0.15) is 0 Å². The number of carboxylic acids is 1.